The number of ether oxygens (including phenoxy) is 1. The molecule has 0 rings (SSSR count). The quantitative estimate of drug-likeness (QED) is 0.0246. The highest BCUT2D eigenvalue weighted by atomic mass is 31.2. The molecule has 0 aromatic heterocycles. The fourth-order valence-electron chi connectivity index (χ4n) is 5.32. The Labute approximate surface area is 317 Å². The second-order valence-corrected chi connectivity index (χ2v) is 15.1. The van der Waals surface area contributed by atoms with Gasteiger partial charge in [0.05, 0.1) is 13.2 Å². The number of aliphatic hydroxyl groups excluding tert-OH is 1. The summed E-state index contributed by atoms with van der Waals surface area (Å²) >= 11 is 0. The van der Waals surface area contributed by atoms with Crippen LogP contribution >= 0.6 is 7.82 Å². The minimum absolute atomic E-state index is 0.0709. The minimum Gasteiger partial charge on any atom is -0.463 e. The molecule has 10 heteroatoms. The van der Waals surface area contributed by atoms with Crippen LogP contribution in [0, 0.1) is 0 Å². The molecule has 9 nitrogen and oxygen atoms in total. The van der Waals surface area contributed by atoms with Crippen molar-refractivity contribution in [2.75, 3.05) is 26.4 Å². The molecule has 0 fully saturated rings. The predicted octanol–water partition coefficient (Wildman–Crippen LogP) is 11.2. The molecule has 0 radical (unpaired) electrons. The molecule has 0 saturated carbocycles. The van der Waals surface area contributed by atoms with E-state index in [1.54, 1.807) is 0 Å². The lowest BCUT2D eigenvalue weighted by molar-refractivity contribution is -0.147. The first-order valence-corrected chi connectivity index (χ1v) is 22.1. The first-order valence-electron chi connectivity index (χ1n) is 20.6. The number of hydrogen-bond acceptors (Lipinski definition) is 7. The van der Waals surface area contributed by atoms with E-state index in [4.69, 9.17) is 13.8 Å². The SMILES string of the molecule is CCCCC/C=C\C/C=C\CCCCCCCC(=O)OCC(O)COP(=O)(O)OCCNC(=O)CCCCCCC/C=C\C/C=C\CCCCCC. The summed E-state index contributed by atoms with van der Waals surface area (Å²) in [6.07, 6.45) is 43.2. The van der Waals surface area contributed by atoms with Crippen LogP contribution in [0.25, 0.3) is 0 Å². The number of amides is 1. The van der Waals surface area contributed by atoms with Gasteiger partial charge in [-0.3, -0.25) is 18.6 Å². The van der Waals surface area contributed by atoms with Crippen molar-refractivity contribution in [1.29, 1.82) is 0 Å². The summed E-state index contributed by atoms with van der Waals surface area (Å²) < 4.78 is 26.8. The first kappa shape index (κ1) is 50.0. The van der Waals surface area contributed by atoms with Crippen molar-refractivity contribution in [1.82, 2.24) is 5.32 Å². The van der Waals surface area contributed by atoms with Crippen molar-refractivity contribution in [3.8, 4) is 0 Å². The van der Waals surface area contributed by atoms with Gasteiger partial charge < -0.3 is 20.1 Å². The Morgan fingerprint density at radius 2 is 1.04 bits per heavy atom. The molecular formula is C42H76NO8P. The van der Waals surface area contributed by atoms with Gasteiger partial charge >= 0.3 is 13.8 Å². The van der Waals surface area contributed by atoms with E-state index in [1.807, 2.05) is 0 Å². The van der Waals surface area contributed by atoms with E-state index in [2.05, 4.69) is 67.8 Å². The fraction of sp³-hybridized carbons (Fsp3) is 0.762. The standard InChI is InChI=1S/C42H76NO8P/c1-3-5-7-9-11-13-15-17-19-21-22-24-26-28-30-32-34-41(45)43-36-37-50-52(47,48)51-39-40(44)38-49-42(46)35-33-31-29-27-25-23-20-18-16-14-12-10-8-6-4-2/h12-15,18-21,40,44H,3-11,16-17,22-39H2,1-2H3,(H,43,45)(H,47,48)/b14-12-,15-13-,20-18-,21-19-. The van der Waals surface area contributed by atoms with Crippen LogP contribution in [0.4, 0.5) is 0 Å². The van der Waals surface area contributed by atoms with Crippen LogP contribution in [-0.2, 0) is 27.9 Å². The maximum absolute atomic E-state index is 12.1. The van der Waals surface area contributed by atoms with E-state index >= 15 is 0 Å². The van der Waals surface area contributed by atoms with Crippen LogP contribution in [0.1, 0.15) is 174 Å². The van der Waals surface area contributed by atoms with Crippen molar-refractivity contribution in [3.63, 3.8) is 0 Å². The summed E-state index contributed by atoms with van der Waals surface area (Å²) in [5.74, 6) is -0.547. The number of aliphatic hydroxyl groups is 1. The number of phosphoric acid groups is 1. The maximum atomic E-state index is 12.1. The molecule has 0 saturated heterocycles. The minimum atomic E-state index is -4.42. The molecule has 0 aromatic carbocycles. The lowest BCUT2D eigenvalue weighted by Crippen LogP contribution is -2.27. The van der Waals surface area contributed by atoms with E-state index in [0.717, 1.165) is 89.9 Å². The molecular weight excluding hydrogens is 677 g/mol. The Morgan fingerprint density at radius 3 is 1.58 bits per heavy atom. The fourth-order valence-corrected chi connectivity index (χ4v) is 6.08. The summed E-state index contributed by atoms with van der Waals surface area (Å²) in [6.45, 7) is 3.46. The largest absolute Gasteiger partial charge is 0.472 e. The summed E-state index contributed by atoms with van der Waals surface area (Å²) in [7, 11) is -4.42. The number of allylic oxidation sites excluding steroid dienone is 8. The molecule has 52 heavy (non-hydrogen) atoms. The van der Waals surface area contributed by atoms with Gasteiger partial charge in [0.15, 0.2) is 0 Å². The van der Waals surface area contributed by atoms with Crippen LogP contribution in [-0.4, -0.2) is 54.3 Å². The molecule has 0 heterocycles. The van der Waals surface area contributed by atoms with Crippen LogP contribution in [0.15, 0.2) is 48.6 Å². The molecule has 1 amide bonds. The summed E-state index contributed by atoms with van der Waals surface area (Å²) in [6, 6.07) is 0. The Balaban J connectivity index is 3.66. The van der Waals surface area contributed by atoms with Gasteiger partial charge in [-0.05, 0) is 77.0 Å². The normalized spacial score (nSPS) is 13.8. The molecule has 0 spiro atoms. The highest BCUT2D eigenvalue weighted by Crippen LogP contribution is 2.42. The lowest BCUT2D eigenvalue weighted by atomic mass is 10.1. The van der Waals surface area contributed by atoms with E-state index in [-0.39, 0.29) is 32.1 Å². The predicted molar refractivity (Wildman–Crippen MR) is 215 cm³/mol. The molecule has 0 aliphatic carbocycles. The summed E-state index contributed by atoms with van der Waals surface area (Å²) in [5.41, 5.74) is 0. The Bertz CT molecular complexity index is 996. The summed E-state index contributed by atoms with van der Waals surface area (Å²) in [4.78, 5) is 33.8. The number of nitrogens with one attached hydrogen (secondary N) is 1. The van der Waals surface area contributed by atoms with Crippen LogP contribution in [0.2, 0.25) is 0 Å². The molecule has 2 unspecified atom stereocenters. The van der Waals surface area contributed by atoms with Gasteiger partial charge in [-0.25, -0.2) is 4.57 Å². The van der Waals surface area contributed by atoms with E-state index in [1.165, 1.54) is 57.8 Å². The Kier molecular flexibility index (Phi) is 37.2. The number of carbonyl (C=O) groups is 2. The van der Waals surface area contributed by atoms with Crippen LogP contribution in [0.5, 0.6) is 0 Å². The van der Waals surface area contributed by atoms with Crippen LogP contribution in [0.3, 0.4) is 0 Å². The zero-order chi connectivity index (χ0) is 38.2. The van der Waals surface area contributed by atoms with Gasteiger partial charge in [0, 0.05) is 19.4 Å². The third-order valence-electron chi connectivity index (χ3n) is 8.48. The van der Waals surface area contributed by atoms with Crippen molar-refractivity contribution >= 4 is 19.7 Å². The summed E-state index contributed by atoms with van der Waals surface area (Å²) in [5, 5.41) is 12.7. The molecule has 0 aliphatic rings. The van der Waals surface area contributed by atoms with Crippen molar-refractivity contribution in [2.45, 2.75) is 180 Å². The second kappa shape index (κ2) is 38.7. The Hall–Kier alpha value is -2.03. The van der Waals surface area contributed by atoms with Crippen LogP contribution < -0.4 is 5.32 Å². The average Bonchev–Trinajstić information content (AvgIpc) is 3.13. The number of esters is 1. The topological polar surface area (TPSA) is 131 Å². The van der Waals surface area contributed by atoms with Gasteiger partial charge in [-0.2, -0.15) is 0 Å². The Morgan fingerprint density at radius 1 is 0.596 bits per heavy atom. The monoisotopic (exact) mass is 754 g/mol. The molecule has 2 atom stereocenters. The van der Waals surface area contributed by atoms with E-state index in [0.29, 0.717) is 6.42 Å². The number of hydrogen-bond donors (Lipinski definition) is 3. The first-order chi connectivity index (χ1) is 25.3. The van der Waals surface area contributed by atoms with Gasteiger partial charge in [-0.15, -0.1) is 0 Å². The van der Waals surface area contributed by atoms with Gasteiger partial charge in [0.2, 0.25) is 5.91 Å². The third-order valence-corrected chi connectivity index (χ3v) is 9.47. The molecule has 0 bridgehead atoms. The average molecular weight is 754 g/mol. The number of rotatable bonds is 38. The van der Waals surface area contributed by atoms with Gasteiger partial charge in [0.1, 0.15) is 12.7 Å². The smallest absolute Gasteiger partial charge is 0.463 e. The zero-order valence-corrected chi connectivity index (χ0v) is 33.9. The lowest BCUT2D eigenvalue weighted by Gasteiger charge is -2.15. The van der Waals surface area contributed by atoms with E-state index < -0.39 is 26.5 Å². The highest BCUT2D eigenvalue weighted by Gasteiger charge is 2.23. The molecule has 0 aliphatic heterocycles. The highest BCUT2D eigenvalue weighted by molar-refractivity contribution is 7.47. The van der Waals surface area contributed by atoms with Crippen molar-refractivity contribution in [3.05, 3.63) is 48.6 Å². The van der Waals surface area contributed by atoms with Gasteiger partial charge in [0.25, 0.3) is 0 Å². The molecule has 0 aromatic rings. The number of phosphoric ester groups is 1. The van der Waals surface area contributed by atoms with Crippen molar-refractivity contribution in [2.24, 2.45) is 0 Å². The third kappa shape index (κ3) is 39.2. The maximum Gasteiger partial charge on any atom is 0.472 e. The molecule has 302 valence electrons. The second-order valence-electron chi connectivity index (χ2n) is 13.6. The van der Waals surface area contributed by atoms with E-state index in [9.17, 15) is 24.2 Å². The van der Waals surface area contributed by atoms with Gasteiger partial charge in [-0.1, -0.05) is 133 Å². The zero-order valence-electron chi connectivity index (χ0n) is 33.0. The number of carbonyl (C=O) groups excluding carboxylic acids is 2. The molecule has 3 N–H and O–H groups in total. The number of unbranched alkanes of at least 4 members (excludes halogenated alkanes) is 17. The van der Waals surface area contributed by atoms with Crippen molar-refractivity contribution < 1.29 is 37.9 Å².